The Balaban J connectivity index is 1.95. The number of aliphatic hydroxyl groups excluding tert-OH is 1. The number of halogens is 1. The van der Waals surface area contributed by atoms with E-state index in [1.54, 1.807) is 12.1 Å². The van der Waals surface area contributed by atoms with Crippen molar-refractivity contribution in [2.24, 2.45) is 5.92 Å². The van der Waals surface area contributed by atoms with E-state index in [4.69, 9.17) is 5.11 Å². The first kappa shape index (κ1) is 15.4. The van der Waals surface area contributed by atoms with Gasteiger partial charge in [-0.25, -0.2) is 4.39 Å². The number of hydrogen-bond donors (Lipinski definition) is 2. The Morgan fingerprint density at radius 2 is 2.05 bits per heavy atom. The average Bonchev–Trinajstić information content (AvgIpc) is 2.47. The SMILES string of the molecule is O=S(=O)(NCc1ccc(F)cc1)N1CCCC(CO)C1. The lowest BCUT2D eigenvalue weighted by Crippen LogP contribution is -2.46. The lowest BCUT2D eigenvalue weighted by molar-refractivity contribution is 0.164. The average molecular weight is 302 g/mol. The van der Waals surface area contributed by atoms with Crippen LogP contribution in [0.15, 0.2) is 24.3 Å². The van der Waals surface area contributed by atoms with Crippen LogP contribution in [0.4, 0.5) is 4.39 Å². The maximum absolute atomic E-state index is 12.8. The fraction of sp³-hybridized carbons (Fsp3) is 0.538. The van der Waals surface area contributed by atoms with Crippen molar-refractivity contribution < 1.29 is 17.9 Å². The molecule has 0 aliphatic carbocycles. The molecule has 1 unspecified atom stereocenters. The molecule has 1 fully saturated rings. The molecule has 1 aromatic rings. The summed E-state index contributed by atoms with van der Waals surface area (Å²) in [4.78, 5) is 0. The van der Waals surface area contributed by atoms with Crippen molar-refractivity contribution in [3.63, 3.8) is 0 Å². The van der Waals surface area contributed by atoms with Gasteiger partial charge >= 0.3 is 0 Å². The van der Waals surface area contributed by atoms with E-state index in [9.17, 15) is 12.8 Å². The number of aliphatic hydroxyl groups is 1. The van der Waals surface area contributed by atoms with E-state index in [0.29, 0.717) is 18.7 Å². The summed E-state index contributed by atoms with van der Waals surface area (Å²) >= 11 is 0. The van der Waals surface area contributed by atoms with Crippen LogP contribution in [0.5, 0.6) is 0 Å². The van der Waals surface area contributed by atoms with Gasteiger partial charge in [-0.2, -0.15) is 17.4 Å². The van der Waals surface area contributed by atoms with Crippen LogP contribution in [0.25, 0.3) is 0 Å². The molecule has 112 valence electrons. The van der Waals surface area contributed by atoms with Crippen LogP contribution in [0.1, 0.15) is 18.4 Å². The zero-order chi connectivity index (χ0) is 14.6. The fourth-order valence-corrected chi connectivity index (χ4v) is 3.57. The third-order valence-corrected chi connectivity index (χ3v) is 4.97. The molecule has 1 atom stereocenters. The van der Waals surface area contributed by atoms with E-state index >= 15 is 0 Å². The maximum atomic E-state index is 12.8. The van der Waals surface area contributed by atoms with Crippen molar-refractivity contribution in [3.8, 4) is 0 Å². The van der Waals surface area contributed by atoms with Gasteiger partial charge in [-0.1, -0.05) is 12.1 Å². The second kappa shape index (κ2) is 6.62. The van der Waals surface area contributed by atoms with Gasteiger partial charge in [0.05, 0.1) is 0 Å². The number of nitrogens with one attached hydrogen (secondary N) is 1. The van der Waals surface area contributed by atoms with Crippen LogP contribution in [-0.4, -0.2) is 37.5 Å². The van der Waals surface area contributed by atoms with E-state index in [1.165, 1.54) is 16.4 Å². The van der Waals surface area contributed by atoms with Crippen molar-refractivity contribution in [2.45, 2.75) is 19.4 Å². The van der Waals surface area contributed by atoms with E-state index in [0.717, 1.165) is 12.8 Å². The highest BCUT2D eigenvalue weighted by molar-refractivity contribution is 7.87. The number of piperidine rings is 1. The summed E-state index contributed by atoms with van der Waals surface area (Å²) in [6.45, 7) is 0.942. The Labute approximate surface area is 118 Å². The molecule has 1 saturated heterocycles. The summed E-state index contributed by atoms with van der Waals surface area (Å²) in [5.41, 5.74) is 0.700. The smallest absolute Gasteiger partial charge is 0.279 e. The first-order valence-corrected chi connectivity index (χ1v) is 8.05. The Hall–Kier alpha value is -1.02. The Morgan fingerprint density at radius 1 is 1.35 bits per heavy atom. The van der Waals surface area contributed by atoms with Gasteiger partial charge in [0.15, 0.2) is 0 Å². The van der Waals surface area contributed by atoms with Gasteiger partial charge in [0.1, 0.15) is 5.82 Å². The van der Waals surface area contributed by atoms with Crippen LogP contribution in [0.2, 0.25) is 0 Å². The minimum Gasteiger partial charge on any atom is -0.396 e. The number of benzene rings is 1. The maximum Gasteiger partial charge on any atom is 0.279 e. The minimum absolute atomic E-state index is 0.00395. The molecule has 0 radical (unpaired) electrons. The molecule has 0 spiro atoms. The fourth-order valence-electron chi connectivity index (χ4n) is 2.26. The van der Waals surface area contributed by atoms with Gasteiger partial charge in [0, 0.05) is 26.2 Å². The summed E-state index contributed by atoms with van der Waals surface area (Å²) in [5, 5.41) is 9.13. The molecule has 0 bridgehead atoms. The molecular weight excluding hydrogens is 283 g/mol. The molecule has 0 amide bonds. The van der Waals surface area contributed by atoms with Gasteiger partial charge in [0.2, 0.25) is 0 Å². The predicted octanol–water partition coefficient (Wildman–Crippen LogP) is 0.864. The van der Waals surface area contributed by atoms with Crippen LogP contribution < -0.4 is 4.72 Å². The van der Waals surface area contributed by atoms with Gasteiger partial charge in [0.25, 0.3) is 10.2 Å². The monoisotopic (exact) mass is 302 g/mol. The molecule has 5 nitrogen and oxygen atoms in total. The van der Waals surface area contributed by atoms with Crippen molar-refractivity contribution in [2.75, 3.05) is 19.7 Å². The van der Waals surface area contributed by atoms with Crippen LogP contribution in [0, 0.1) is 11.7 Å². The summed E-state index contributed by atoms with van der Waals surface area (Å²) in [6.07, 6.45) is 1.60. The standard InChI is InChI=1S/C13H19FN2O3S/c14-13-5-3-11(4-6-13)8-15-20(18,19)16-7-1-2-12(9-16)10-17/h3-6,12,15,17H,1-2,7-10H2. The lowest BCUT2D eigenvalue weighted by atomic mass is 10.0. The molecular formula is C13H19FN2O3S. The van der Waals surface area contributed by atoms with Gasteiger partial charge < -0.3 is 5.11 Å². The molecule has 7 heteroatoms. The highest BCUT2D eigenvalue weighted by Gasteiger charge is 2.28. The summed E-state index contributed by atoms with van der Waals surface area (Å²) in [7, 11) is -3.56. The Bertz CT molecular complexity index is 533. The largest absolute Gasteiger partial charge is 0.396 e. The molecule has 1 heterocycles. The molecule has 0 saturated carbocycles. The van der Waals surface area contributed by atoms with Crippen LogP contribution >= 0.6 is 0 Å². The van der Waals surface area contributed by atoms with Gasteiger partial charge in [-0.05, 0) is 36.5 Å². The second-order valence-corrected chi connectivity index (χ2v) is 6.76. The molecule has 1 aromatic carbocycles. The van der Waals surface area contributed by atoms with Crippen LogP contribution in [-0.2, 0) is 16.8 Å². The molecule has 1 aliphatic heterocycles. The normalized spacial score (nSPS) is 21.0. The lowest BCUT2D eigenvalue weighted by Gasteiger charge is -2.30. The zero-order valence-corrected chi connectivity index (χ0v) is 11.9. The van der Waals surface area contributed by atoms with E-state index in [1.807, 2.05) is 0 Å². The van der Waals surface area contributed by atoms with Crippen molar-refractivity contribution >= 4 is 10.2 Å². The number of nitrogens with zero attached hydrogens (tertiary/aromatic N) is 1. The van der Waals surface area contributed by atoms with Crippen LogP contribution in [0.3, 0.4) is 0 Å². The van der Waals surface area contributed by atoms with E-state index in [2.05, 4.69) is 4.72 Å². The molecule has 2 rings (SSSR count). The summed E-state index contributed by atoms with van der Waals surface area (Å²) < 4.78 is 40.9. The van der Waals surface area contributed by atoms with Gasteiger partial charge in [-0.3, -0.25) is 0 Å². The van der Waals surface area contributed by atoms with E-state index in [-0.39, 0.29) is 24.9 Å². The third-order valence-electron chi connectivity index (χ3n) is 3.45. The van der Waals surface area contributed by atoms with Crippen molar-refractivity contribution in [3.05, 3.63) is 35.6 Å². The molecule has 0 aromatic heterocycles. The molecule has 2 N–H and O–H groups in total. The van der Waals surface area contributed by atoms with Gasteiger partial charge in [-0.15, -0.1) is 0 Å². The summed E-state index contributed by atoms with van der Waals surface area (Å²) in [6, 6.07) is 5.69. The Kier molecular flexibility index (Phi) is 5.09. The molecule has 20 heavy (non-hydrogen) atoms. The van der Waals surface area contributed by atoms with Crippen molar-refractivity contribution in [1.29, 1.82) is 0 Å². The van der Waals surface area contributed by atoms with E-state index < -0.39 is 10.2 Å². The second-order valence-electron chi connectivity index (χ2n) is 5.00. The highest BCUT2D eigenvalue weighted by atomic mass is 32.2. The third kappa shape index (κ3) is 3.99. The first-order chi connectivity index (χ1) is 9.51. The minimum atomic E-state index is -3.56. The highest BCUT2D eigenvalue weighted by Crippen LogP contribution is 2.18. The molecule has 1 aliphatic rings. The Morgan fingerprint density at radius 3 is 2.70 bits per heavy atom. The zero-order valence-electron chi connectivity index (χ0n) is 11.1. The van der Waals surface area contributed by atoms with Crippen molar-refractivity contribution in [1.82, 2.24) is 9.03 Å². The first-order valence-electron chi connectivity index (χ1n) is 6.61. The number of hydrogen-bond acceptors (Lipinski definition) is 3. The predicted molar refractivity (Wildman–Crippen MR) is 73.5 cm³/mol. The number of rotatable bonds is 5. The summed E-state index contributed by atoms with van der Waals surface area (Å²) in [5.74, 6) is -0.343. The topological polar surface area (TPSA) is 69.6 Å². The quantitative estimate of drug-likeness (QED) is 0.848.